The molecule has 44 heavy (non-hydrogen) atoms. The van der Waals surface area contributed by atoms with Crippen molar-refractivity contribution in [2.24, 2.45) is 11.8 Å². The highest BCUT2D eigenvalue weighted by Crippen LogP contribution is 2.60. The molecule has 1 N–H and O–H groups in total. The second-order valence-corrected chi connectivity index (χ2v) is 12.6. The number of aliphatic hydroxyl groups is 1. The Kier molecular flexibility index (Phi) is 8.40. The SMILES string of the molecule is C=CCOC(=O)[C@H]1[C@@H]2OC3(CC2Br)C(C(=O)N(CC=C)Cn2nnc4ccccc42)N([C@@H](CO)Cc2ccccc2)C(=O)[C@H]13. The molecule has 0 saturated carbocycles. The Morgan fingerprint density at radius 3 is 2.66 bits per heavy atom. The number of amides is 2. The highest BCUT2D eigenvalue weighted by molar-refractivity contribution is 9.09. The van der Waals surface area contributed by atoms with E-state index in [1.807, 2.05) is 54.6 Å². The topological polar surface area (TPSA) is 127 Å². The fraction of sp³-hybridized carbons (Fsp3) is 0.406. The lowest BCUT2D eigenvalue weighted by Crippen LogP contribution is -2.59. The normalized spacial score (nSPS) is 27.7. The lowest BCUT2D eigenvalue weighted by Gasteiger charge is -2.39. The van der Waals surface area contributed by atoms with Crippen molar-refractivity contribution < 1.29 is 29.0 Å². The fourth-order valence-corrected chi connectivity index (χ4v) is 8.06. The van der Waals surface area contributed by atoms with Crippen LogP contribution in [0.5, 0.6) is 0 Å². The molecular formula is C32H34BrN5O6. The number of hydrogen-bond donors (Lipinski definition) is 1. The molecule has 4 heterocycles. The number of halogens is 1. The van der Waals surface area contributed by atoms with Gasteiger partial charge >= 0.3 is 5.97 Å². The number of para-hydroxylation sites is 1. The third-order valence-corrected chi connectivity index (χ3v) is 9.73. The molecule has 230 valence electrons. The van der Waals surface area contributed by atoms with Gasteiger partial charge in [-0.2, -0.15) is 0 Å². The Labute approximate surface area is 263 Å². The van der Waals surface area contributed by atoms with Crippen LogP contribution in [0.4, 0.5) is 0 Å². The van der Waals surface area contributed by atoms with E-state index in [-0.39, 0.29) is 24.6 Å². The minimum absolute atomic E-state index is 0.0127. The first-order valence-electron chi connectivity index (χ1n) is 14.6. The molecule has 12 heteroatoms. The van der Waals surface area contributed by atoms with Crippen molar-refractivity contribution in [3.8, 4) is 0 Å². The maximum Gasteiger partial charge on any atom is 0.312 e. The van der Waals surface area contributed by atoms with Gasteiger partial charge in [0.1, 0.15) is 30.4 Å². The Balaban J connectivity index is 1.42. The minimum atomic E-state index is -1.32. The van der Waals surface area contributed by atoms with Gasteiger partial charge in [0.15, 0.2) is 0 Å². The molecule has 7 atom stereocenters. The predicted molar refractivity (Wildman–Crippen MR) is 164 cm³/mol. The molecule has 3 aliphatic rings. The van der Waals surface area contributed by atoms with Gasteiger partial charge in [-0.3, -0.25) is 14.4 Å². The van der Waals surface area contributed by atoms with E-state index in [4.69, 9.17) is 9.47 Å². The van der Waals surface area contributed by atoms with E-state index in [1.165, 1.54) is 11.0 Å². The van der Waals surface area contributed by atoms with Crippen LogP contribution in [0, 0.1) is 11.8 Å². The van der Waals surface area contributed by atoms with Crippen LogP contribution in [0.25, 0.3) is 11.0 Å². The van der Waals surface area contributed by atoms with Gasteiger partial charge in [0, 0.05) is 11.4 Å². The van der Waals surface area contributed by atoms with Crippen molar-refractivity contribution in [2.75, 3.05) is 19.8 Å². The lowest BCUT2D eigenvalue weighted by atomic mass is 9.70. The van der Waals surface area contributed by atoms with Crippen LogP contribution >= 0.6 is 15.9 Å². The Morgan fingerprint density at radius 1 is 1.18 bits per heavy atom. The van der Waals surface area contributed by atoms with Crippen molar-refractivity contribution in [3.05, 3.63) is 85.5 Å². The highest BCUT2D eigenvalue weighted by Gasteiger charge is 2.77. The first kappa shape index (κ1) is 30.2. The van der Waals surface area contributed by atoms with Crippen molar-refractivity contribution in [2.45, 2.75) is 48.1 Å². The summed E-state index contributed by atoms with van der Waals surface area (Å²) in [5.41, 5.74) is 0.992. The molecule has 2 bridgehead atoms. The van der Waals surface area contributed by atoms with Crippen LogP contribution in [0.2, 0.25) is 0 Å². The van der Waals surface area contributed by atoms with Crippen LogP contribution in [0.3, 0.4) is 0 Å². The van der Waals surface area contributed by atoms with Crippen LogP contribution in [-0.4, -0.2) is 96.1 Å². The number of ether oxygens (including phenoxy) is 2. The second kappa shape index (κ2) is 12.3. The minimum Gasteiger partial charge on any atom is -0.461 e. The van der Waals surface area contributed by atoms with Gasteiger partial charge in [0.25, 0.3) is 0 Å². The molecule has 2 amide bonds. The van der Waals surface area contributed by atoms with E-state index in [2.05, 4.69) is 39.4 Å². The van der Waals surface area contributed by atoms with E-state index in [0.29, 0.717) is 18.4 Å². The van der Waals surface area contributed by atoms with E-state index >= 15 is 0 Å². The number of hydrogen-bond acceptors (Lipinski definition) is 8. The zero-order valence-corrected chi connectivity index (χ0v) is 25.7. The highest BCUT2D eigenvalue weighted by atomic mass is 79.9. The number of nitrogens with zero attached hydrogens (tertiary/aromatic N) is 5. The molecule has 11 nitrogen and oxygen atoms in total. The zero-order chi connectivity index (χ0) is 31.0. The van der Waals surface area contributed by atoms with Gasteiger partial charge in [0.05, 0.1) is 36.1 Å². The van der Waals surface area contributed by atoms with Gasteiger partial charge in [-0.1, -0.05) is 82.3 Å². The largest absolute Gasteiger partial charge is 0.461 e. The van der Waals surface area contributed by atoms with Crippen LogP contribution < -0.4 is 0 Å². The van der Waals surface area contributed by atoms with Crippen molar-refractivity contribution in [1.82, 2.24) is 24.8 Å². The number of benzene rings is 2. The zero-order valence-electron chi connectivity index (χ0n) is 24.1. The quantitative estimate of drug-likeness (QED) is 0.178. The van der Waals surface area contributed by atoms with Crippen molar-refractivity contribution in [3.63, 3.8) is 0 Å². The summed E-state index contributed by atoms with van der Waals surface area (Å²) in [6.07, 6.45) is 3.04. The van der Waals surface area contributed by atoms with Gasteiger partial charge in [-0.25, -0.2) is 4.68 Å². The molecule has 2 aromatic carbocycles. The Hall–Kier alpha value is -3.87. The number of carbonyl (C=O) groups excluding carboxylic acids is 3. The molecule has 1 aromatic heterocycles. The Morgan fingerprint density at radius 2 is 1.93 bits per heavy atom. The second-order valence-electron chi connectivity index (χ2n) is 11.4. The molecule has 1 spiro atoms. The molecule has 3 fully saturated rings. The standard InChI is InChI=1S/C32H34BrN5O6/c1-3-14-36(19-37-24-13-9-8-12-23(24)34-35-37)30(41)28-32-17-22(33)27(44-32)25(31(42)43-15-4-2)26(32)29(40)38(28)21(18-39)16-20-10-6-5-7-11-20/h3-13,21-22,25-28,39H,1-2,14-19H2/t21-,22?,25-,26+,27-,28?,32?/m1/s1. The summed E-state index contributed by atoms with van der Waals surface area (Å²) in [7, 11) is 0. The molecule has 0 radical (unpaired) electrons. The molecule has 3 saturated heterocycles. The van der Waals surface area contributed by atoms with E-state index in [0.717, 1.165) is 11.1 Å². The van der Waals surface area contributed by atoms with E-state index in [9.17, 15) is 19.5 Å². The van der Waals surface area contributed by atoms with E-state index < -0.39 is 60.0 Å². The number of aliphatic hydroxyl groups excluding tert-OH is 1. The van der Waals surface area contributed by atoms with Crippen molar-refractivity contribution in [1.29, 1.82) is 0 Å². The number of aromatic nitrogens is 3. The summed E-state index contributed by atoms with van der Waals surface area (Å²) < 4.78 is 13.7. The van der Waals surface area contributed by atoms with Gasteiger partial charge in [0.2, 0.25) is 11.8 Å². The molecule has 6 rings (SSSR count). The molecule has 0 aliphatic carbocycles. The maximum absolute atomic E-state index is 14.8. The predicted octanol–water partition coefficient (Wildman–Crippen LogP) is 2.48. The molecule has 3 unspecified atom stereocenters. The number of rotatable bonds is 12. The first-order chi connectivity index (χ1) is 21.3. The number of likely N-dealkylation sites (tertiary alicyclic amines) is 1. The average molecular weight is 665 g/mol. The third-order valence-electron chi connectivity index (χ3n) is 8.88. The lowest BCUT2D eigenvalue weighted by molar-refractivity contribution is -0.156. The fourth-order valence-electron chi connectivity index (χ4n) is 7.11. The maximum atomic E-state index is 14.8. The monoisotopic (exact) mass is 663 g/mol. The Bertz CT molecular complexity index is 1580. The van der Waals surface area contributed by atoms with Crippen LogP contribution in [0.15, 0.2) is 79.9 Å². The molecule has 3 aromatic rings. The van der Waals surface area contributed by atoms with Crippen LogP contribution in [-0.2, 0) is 36.9 Å². The van der Waals surface area contributed by atoms with E-state index in [1.54, 1.807) is 15.7 Å². The summed E-state index contributed by atoms with van der Waals surface area (Å²) in [5.74, 6) is -3.27. The molecule has 3 aliphatic heterocycles. The molecular weight excluding hydrogens is 630 g/mol. The number of fused-ring (bicyclic) bond motifs is 2. The van der Waals surface area contributed by atoms with Gasteiger partial charge in [-0.15, -0.1) is 11.7 Å². The number of esters is 1. The van der Waals surface area contributed by atoms with Crippen LogP contribution in [0.1, 0.15) is 12.0 Å². The first-order valence-corrected chi connectivity index (χ1v) is 15.5. The summed E-state index contributed by atoms with van der Waals surface area (Å²) >= 11 is 3.68. The smallest absolute Gasteiger partial charge is 0.312 e. The summed E-state index contributed by atoms with van der Waals surface area (Å²) in [4.78, 5) is 45.5. The number of alkyl halides is 1. The average Bonchev–Trinajstić information content (AvgIpc) is 3.76. The number of carbonyl (C=O) groups is 3. The summed E-state index contributed by atoms with van der Waals surface area (Å²) in [6, 6.07) is 15.0. The third kappa shape index (κ3) is 4.94. The summed E-state index contributed by atoms with van der Waals surface area (Å²) in [5, 5.41) is 19.2. The summed E-state index contributed by atoms with van der Waals surface area (Å²) in [6.45, 7) is 7.27. The van der Waals surface area contributed by atoms with Gasteiger partial charge < -0.3 is 24.4 Å². The van der Waals surface area contributed by atoms with Gasteiger partial charge in [-0.05, 0) is 30.5 Å². The van der Waals surface area contributed by atoms with Crippen molar-refractivity contribution >= 4 is 44.7 Å².